The first kappa shape index (κ1) is 10.8. The fraction of sp³-hybridized carbons (Fsp3) is 0.417. The molecule has 0 saturated carbocycles. The van der Waals surface area contributed by atoms with E-state index >= 15 is 0 Å². The van der Waals surface area contributed by atoms with E-state index in [2.05, 4.69) is 0 Å². The van der Waals surface area contributed by atoms with Gasteiger partial charge in [0, 0.05) is 6.42 Å². The van der Waals surface area contributed by atoms with Gasteiger partial charge in [0.05, 0.1) is 0 Å². The Morgan fingerprint density at radius 3 is 2.75 bits per heavy atom. The number of carbonyl (C=O) groups excluding carboxylic acids is 1. The minimum absolute atomic E-state index is 0.0954. The van der Waals surface area contributed by atoms with Gasteiger partial charge in [-0.1, -0.05) is 13.3 Å². The molecule has 4 heteroatoms. The zero-order valence-corrected chi connectivity index (χ0v) is 9.06. The summed E-state index contributed by atoms with van der Waals surface area (Å²) in [4.78, 5) is 11.8. The number of phenols is 2. The molecule has 4 nitrogen and oxygen atoms in total. The van der Waals surface area contributed by atoms with Crippen molar-refractivity contribution in [1.82, 2.24) is 0 Å². The summed E-state index contributed by atoms with van der Waals surface area (Å²) in [5.41, 5.74) is 0.104. The summed E-state index contributed by atoms with van der Waals surface area (Å²) in [6.07, 6.45) is 1.74. The van der Waals surface area contributed by atoms with Crippen molar-refractivity contribution < 1.29 is 19.7 Å². The van der Waals surface area contributed by atoms with Gasteiger partial charge in [-0.15, -0.1) is 0 Å². The molecule has 0 bridgehead atoms. The molecule has 1 aromatic carbocycles. The summed E-state index contributed by atoms with van der Waals surface area (Å²) in [6, 6.07) is 2.63. The van der Waals surface area contributed by atoms with Crippen molar-refractivity contribution in [3.05, 3.63) is 17.7 Å². The van der Waals surface area contributed by atoms with E-state index in [1.807, 2.05) is 6.92 Å². The van der Waals surface area contributed by atoms with Gasteiger partial charge in [-0.2, -0.15) is 0 Å². The number of hydrogen-bond acceptors (Lipinski definition) is 4. The van der Waals surface area contributed by atoms with Gasteiger partial charge in [0.2, 0.25) is 0 Å². The average molecular weight is 222 g/mol. The van der Waals surface area contributed by atoms with Gasteiger partial charge in [-0.25, -0.2) is 0 Å². The Hall–Kier alpha value is -1.71. The topological polar surface area (TPSA) is 66.8 Å². The normalized spacial score (nSPS) is 19.1. The van der Waals surface area contributed by atoms with Crippen molar-refractivity contribution in [3.8, 4) is 17.2 Å². The zero-order valence-electron chi connectivity index (χ0n) is 9.06. The molecule has 0 saturated heterocycles. The number of ether oxygens (including phenoxy) is 1. The van der Waals surface area contributed by atoms with Gasteiger partial charge in [0.1, 0.15) is 17.4 Å². The fourth-order valence-electron chi connectivity index (χ4n) is 1.95. The van der Waals surface area contributed by atoms with Crippen LogP contribution < -0.4 is 4.74 Å². The van der Waals surface area contributed by atoms with Crippen LogP contribution in [0, 0.1) is 0 Å². The first-order chi connectivity index (χ1) is 7.63. The third kappa shape index (κ3) is 1.71. The Balaban J connectivity index is 2.42. The lowest BCUT2D eigenvalue weighted by Gasteiger charge is -2.25. The van der Waals surface area contributed by atoms with Crippen LogP contribution in [0.1, 0.15) is 36.5 Å². The van der Waals surface area contributed by atoms with E-state index in [9.17, 15) is 15.0 Å². The van der Waals surface area contributed by atoms with Crippen molar-refractivity contribution in [1.29, 1.82) is 0 Å². The molecule has 1 aromatic rings. The molecule has 1 aliphatic rings. The van der Waals surface area contributed by atoms with Crippen LogP contribution in [0.4, 0.5) is 0 Å². The predicted molar refractivity (Wildman–Crippen MR) is 58.0 cm³/mol. The molecule has 1 aliphatic heterocycles. The highest BCUT2D eigenvalue weighted by atomic mass is 16.5. The summed E-state index contributed by atoms with van der Waals surface area (Å²) in [5.74, 6) is -0.280. The number of fused-ring (bicyclic) bond motifs is 1. The monoisotopic (exact) mass is 222 g/mol. The minimum Gasteiger partial charge on any atom is -0.507 e. The van der Waals surface area contributed by atoms with E-state index in [-0.39, 0.29) is 41.1 Å². The summed E-state index contributed by atoms with van der Waals surface area (Å²) in [5, 5.41) is 19.2. The number of rotatable bonds is 2. The van der Waals surface area contributed by atoms with E-state index in [4.69, 9.17) is 4.74 Å². The highest BCUT2D eigenvalue weighted by Crippen LogP contribution is 2.41. The van der Waals surface area contributed by atoms with Gasteiger partial charge >= 0.3 is 0 Å². The first-order valence-corrected chi connectivity index (χ1v) is 5.38. The quantitative estimate of drug-likeness (QED) is 0.753. The van der Waals surface area contributed by atoms with Crippen molar-refractivity contribution in [2.24, 2.45) is 0 Å². The van der Waals surface area contributed by atoms with Crippen molar-refractivity contribution in [2.45, 2.75) is 32.3 Å². The third-order valence-electron chi connectivity index (χ3n) is 2.70. The molecule has 86 valence electrons. The molecule has 0 aliphatic carbocycles. The van der Waals surface area contributed by atoms with E-state index < -0.39 is 0 Å². The third-order valence-corrected chi connectivity index (χ3v) is 2.70. The van der Waals surface area contributed by atoms with Crippen LogP contribution in [-0.2, 0) is 0 Å². The molecule has 0 amide bonds. The summed E-state index contributed by atoms with van der Waals surface area (Å²) < 4.78 is 5.52. The second kappa shape index (κ2) is 4.04. The first-order valence-electron chi connectivity index (χ1n) is 5.38. The largest absolute Gasteiger partial charge is 0.507 e. The number of carbonyl (C=O) groups is 1. The predicted octanol–water partition coefficient (Wildman–Crippen LogP) is 2.23. The number of benzene rings is 1. The van der Waals surface area contributed by atoms with Gasteiger partial charge in [0.15, 0.2) is 17.3 Å². The molecule has 0 radical (unpaired) electrons. The van der Waals surface area contributed by atoms with Crippen molar-refractivity contribution >= 4 is 5.78 Å². The molecular weight excluding hydrogens is 208 g/mol. The molecule has 0 aromatic heterocycles. The van der Waals surface area contributed by atoms with Crippen LogP contribution in [0.3, 0.4) is 0 Å². The van der Waals surface area contributed by atoms with Crippen LogP contribution in [0.25, 0.3) is 0 Å². The van der Waals surface area contributed by atoms with Crippen LogP contribution in [0.5, 0.6) is 17.2 Å². The number of hydrogen-bond donors (Lipinski definition) is 2. The Kier molecular flexibility index (Phi) is 2.73. The summed E-state index contributed by atoms with van der Waals surface area (Å²) in [7, 11) is 0. The van der Waals surface area contributed by atoms with Gasteiger partial charge < -0.3 is 14.9 Å². The molecule has 0 fully saturated rings. The van der Waals surface area contributed by atoms with Crippen LogP contribution >= 0.6 is 0 Å². The van der Waals surface area contributed by atoms with Crippen LogP contribution in [0.15, 0.2) is 12.1 Å². The van der Waals surface area contributed by atoms with Crippen LogP contribution in [0.2, 0.25) is 0 Å². The van der Waals surface area contributed by atoms with E-state index in [0.29, 0.717) is 0 Å². The molecule has 1 heterocycles. The van der Waals surface area contributed by atoms with E-state index in [1.165, 1.54) is 12.1 Å². The lowest BCUT2D eigenvalue weighted by molar-refractivity contribution is 0.0825. The number of ketones is 1. The Morgan fingerprint density at radius 1 is 1.38 bits per heavy atom. The van der Waals surface area contributed by atoms with Gasteiger partial charge in [0.25, 0.3) is 0 Å². The maximum Gasteiger partial charge on any atom is 0.175 e. The highest BCUT2D eigenvalue weighted by Gasteiger charge is 2.30. The standard InChI is InChI=1S/C12H14O4/c1-2-3-7-6-10(15)11-8(13)4-5-9(14)12(11)16-7/h4-5,7,13-14H,2-3,6H2,1H3. The number of Topliss-reactive ketones (excluding diaryl/α,β-unsaturated/α-hetero) is 1. The second-order valence-electron chi connectivity index (χ2n) is 3.96. The SMILES string of the molecule is CCCC1CC(=O)c2c(O)ccc(O)c2O1. The zero-order chi connectivity index (χ0) is 11.7. The van der Waals surface area contributed by atoms with Crippen LogP contribution in [-0.4, -0.2) is 22.1 Å². The molecule has 16 heavy (non-hydrogen) atoms. The van der Waals surface area contributed by atoms with Crippen molar-refractivity contribution in [2.75, 3.05) is 0 Å². The van der Waals surface area contributed by atoms with Gasteiger partial charge in [-0.05, 0) is 18.6 Å². The molecule has 0 spiro atoms. The molecule has 2 rings (SSSR count). The van der Waals surface area contributed by atoms with E-state index in [0.717, 1.165) is 12.8 Å². The average Bonchev–Trinajstić information content (AvgIpc) is 2.23. The number of aromatic hydroxyl groups is 2. The van der Waals surface area contributed by atoms with E-state index in [1.54, 1.807) is 0 Å². The molecule has 1 atom stereocenters. The minimum atomic E-state index is -0.197. The Labute approximate surface area is 93.5 Å². The number of phenolic OH excluding ortho intramolecular Hbond substituents is 2. The Bertz CT molecular complexity index is 425. The van der Waals surface area contributed by atoms with Gasteiger partial charge in [-0.3, -0.25) is 4.79 Å². The smallest absolute Gasteiger partial charge is 0.175 e. The molecule has 1 unspecified atom stereocenters. The highest BCUT2D eigenvalue weighted by molar-refractivity contribution is 6.03. The lowest BCUT2D eigenvalue weighted by Crippen LogP contribution is -2.26. The lowest BCUT2D eigenvalue weighted by atomic mass is 9.97. The van der Waals surface area contributed by atoms with Crippen molar-refractivity contribution in [3.63, 3.8) is 0 Å². The summed E-state index contributed by atoms with van der Waals surface area (Å²) >= 11 is 0. The maximum absolute atomic E-state index is 11.8. The second-order valence-corrected chi connectivity index (χ2v) is 3.96. The summed E-state index contributed by atoms with van der Waals surface area (Å²) in [6.45, 7) is 2.01. The maximum atomic E-state index is 11.8. The Morgan fingerprint density at radius 2 is 2.06 bits per heavy atom. The molecular formula is C12H14O4. The fourth-order valence-corrected chi connectivity index (χ4v) is 1.95. The molecule has 2 N–H and O–H groups in total.